The Morgan fingerprint density at radius 1 is 1.24 bits per heavy atom. The van der Waals surface area contributed by atoms with Crippen molar-refractivity contribution in [2.45, 2.75) is 13.0 Å². The molecule has 2 aromatic rings. The number of rotatable bonds is 6. The van der Waals surface area contributed by atoms with Crippen LogP contribution >= 0.6 is 11.6 Å². The average Bonchev–Trinajstić information content (AvgIpc) is 2.56. The molecule has 7 heteroatoms. The van der Waals surface area contributed by atoms with E-state index < -0.39 is 17.8 Å². The number of halogens is 2. The van der Waals surface area contributed by atoms with Crippen LogP contribution in [0.4, 0.5) is 10.1 Å². The smallest absolute Gasteiger partial charge is 0.263 e. The Morgan fingerprint density at radius 3 is 2.56 bits per heavy atom. The molecule has 1 atom stereocenters. The lowest BCUT2D eigenvalue weighted by molar-refractivity contribution is -0.139. The van der Waals surface area contributed by atoms with Gasteiger partial charge in [0, 0.05) is 17.8 Å². The number of benzene rings is 2. The van der Waals surface area contributed by atoms with Gasteiger partial charge in [0.15, 0.2) is 6.10 Å². The minimum absolute atomic E-state index is 0.177. The lowest BCUT2D eigenvalue weighted by Gasteiger charge is -2.21. The molecule has 0 aliphatic carbocycles. The van der Waals surface area contributed by atoms with Gasteiger partial charge < -0.3 is 15.0 Å². The van der Waals surface area contributed by atoms with Gasteiger partial charge >= 0.3 is 0 Å². The van der Waals surface area contributed by atoms with E-state index in [4.69, 9.17) is 16.3 Å². The van der Waals surface area contributed by atoms with Crippen molar-refractivity contribution in [1.29, 1.82) is 0 Å². The van der Waals surface area contributed by atoms with Crippen molar-refractivity contribution in [1.82, 2.24) is 4.90 Å². The van der Waals surface area contributed by atoms with Crippen molar-refractivity contribution in [3.63, 3.8) is 0 Å². The molecule has 0 saturated carbocycles. The Kier molecular flexibility index (Phi) is 6.36. The number of amides is 2. The highest BCUT2D eigenvalue weighted by atomic mass is 35.5. The van der Waals surface area contributed by atoms with Gasteiger partial charge in [0.05, 0.1) is 6.54 Å². The molecule has 25 heavy (non-hydrogen) atoms. The lowest BCUT2D eigenvalue weighted by Crippen LogP contribution is -2.41. The van der Waals surface area contributed by atoms with Crippen molar-refractivity contribution in [3.8, 4) is 5.75 Å². The number of hydrogen-bond acceptors (Lipinski definition) is 3. The Hall–Kier alpha value is -2.60. The number of anilines is 1. The zero-order chi connectivity index (χ0) is 18.4. The summed E-state index contributed by atoms with van der Waals surface area (Å²) in [7, 11) is 1.50. The molecule has 0 unspecified atom stereocenters. The van der Waals surface area contributed by atoms with E-state index >= 15 is 0 Å². The molecule has 1 N–H and O–H groups in total. The molecule has 0 radical (unpaired) electrons. The SMILES string of the molecule is C[C@H](Oc1ccc(Cl)cc1)C(=O)N(C)CC(=O)Nc1cccc(F)c1. The maximum absolute atomic E-state index is 13.1. The molecule has 132 valence electrons. The molecule has 0 bridgehead atoms. The fourth-order valence-electron chi connectivity index (χ4n) is 2.14. The summed E-state index contributed by atoms with van der Waals surface area (Å²) in [5, 5.41) is 3.10. The second-order valence-corrected chi connectivity index (χ2v) is 5.90. The van der Waals surface area contributed by atoms with E-state index in [-0.39, 0.29) is 12.5 Å². The fourth-order valence-corrected chi connectivity index (χ4v) is 2.26. The normalized spacial score (nSPS) is 11.5. The standard InChI is InChI=1S/C18H18ClFN2O3/c1-12(25-16-8-6-13(19)7-9-16)18(24)22(2)11-17(23)21-15-5-3-4-14(20)10-15/h3-10,12H,11H2,1-2H3,(H,21,23)/t12-/m0/s1. The minimum atomic E-state index is -0.770. The topological polar surface area (TPSA) is 58.6 Å². The Morgan fingerprint density at radius 2 is 1.92 bits per heavy atom. The Labute approximate surface area is 150 Å². The van der Waals surface area contributed by atoms with Gasteiger partial charge in [0.2, 0.25) is 5.91 Å². The molecule has 0 saturated heterocycles. The molecule has 2 amide bonds. The molecular formula is C18H18ClFN2O3. The first-order valence-electron chi connectivity index (χ1n) is 7.58. The number of nitrogens with one attached hydrogen (secondary N) is 1. The first-order valence-corrected chi connectivity index (χ1v) is 7.95. The number of nitrogens with zero attached hydrogens (tertiary/aromatic N) is 1. The van der Waals surface area contributed by atoms with Crippen molar-refractivity contribution in [3.05, 3.63) is 59.4 Å². The zero-order valence-electron chi connectivity index (χ0n) is 13.8. The lowest BCUT2D eigenvalue weighted by atomic mass is 10.3. The predicted octanol–water partition coefficient (Wildman–Crippen LogP) is 3.34. The van der Waals surface area contributed by atoms with Crippen LogP contribution in [0.25, 0.3) is 0 Å². The highest BCUT2D eigenvalue weighted by Crippen LogP contribution is 2.17. The number of ether oxygens (including phenoxy) is 1. The van der Waals surface area contributed by atoms with E-state index in [1.165, 1.54) is 30.1 Å². The van der Waals surface area contributed by atoms with E-state index in [0.717, 1.165) is 0 Å². The maximum Gasteiger partial charge on any atom is 0.263 e. The highest BCUT2D eigenvalue weighted by Gasteiger charge is 2.21. The summed E-state index contributed by atoms with van der Waals surface area (Å²) in [5.74, 6) is -0.737. The van der Waals surface area contributed by atoms with Crippen molar-refractivity contribution in [2.24, 2.45) is 0 Å². The minimum Gasteiger partial charge on any atom is -0.481 e. The Balaban J connectivity index is 1.88. The molecule has 0 aliphatic rings. The molecule has 0 fully saturated rings. The van der Waals surface area contributed by atoms with Crippen molar-refractivity contribution < 1.29 is 18.7 Å². The molecule has 2 aromatic carbocycles. The third kappa shape index (κ3) is 5.76. The maximum atomic E-state index is 13.1. The van der Waals surface area contributed by atoms with Crippen LogP contribution in [0.1, 0.15) is 6.92 Å². The molecule has 2 rings (SSSR count). The van der Waals surface area contributed by atoms with Gasteiger partial charge in [-0.15, -0.1) is 0 Å². The van der Waals surface area contributed by atoms with Crippen molar-refractivity contribution >= 4 is 29.1 Å². The third-order valence-corrected chi connectivity index (χ3v) is 3.59. The van der Waals surface area contributed by atoms with E-state index in [2.05, 4.69) is 5.32 Å². The summed E-state index contributed by atoms with van der Waals surface area (Å²) in [5.41, 5.74) is 0.330. The summed E-state index contributed by atoms with van der Waals surface area (Å²) in [6, 6.07) is 12.2. The van der Waals surface area contributed by atoms with Crippen LogP contribution in [-0.4, -0.2) is 36.4 Å². The van der Waals surface area contributed by atoms with Crippen LogP contribution < -0.4 is 10.1 Å². The van der Waals surface area contributed by atoms with Gasteiger partial charge in [-0.05, 0) is 49.4 Å². The number of likely N-dealkylation sites (N-methyl/N-ethyl adjacent to an activating group) is 1. The first-order chi connectivity index (χ1) is 11.8. The van der Waals surface area contributed by atoms with E-state index in [9.17, 15) is 14.0 Å². The summed E-state index contributed by atoms with van der Waals surface area (Å²) in [4.78, 5) is 25.5. The van der Waals surface area contributed by atoms with Gasteiger partial charge in [-0.3, -0.25) is 9.59 Å². The summed E-state index contributed by atoms with van der Waals surface area (Å²) in [6.07, 6.45) is -0.770. The van der Waals surface area contributed by atoms with Crippen LogP contribution in [-0.2, 0) is 9.59 Å². The van der Waals surface area contributed by atoms with Gasteiger partial charge in [0.1, 0.15) is 11.6 Å². The fraction of sp³-hybridized carbons (Fsp3) is 0.222. The van der Waals surface area contributed by atoms with Crippen LogP contribution in [0.15, 0.2) is 48.5 Å². The molecule has 5 nitrogen and oxygen atoms in total. The quantitative estimate of drug-likeness (QED) is 0.855. The van der Waals surface area contributed by atoms with Crippen LogP contribution in [0.2, 0.25) is 5.02 Å². The van der Waals surface area contributed by atoms with Gasteiger partial charge in [-0.25, -0.2) is 4.39 Å². The molecule has 0 heterocycles. The van der Waals surface area contributed by atoms with Gasteiger partial charge in [0.25, 0.3) is 5.91 Å². The monoisotopic (exact) mass is 364 g/mol. The summed E-state index contributed by atoms with van der Waals surface area (Å²) < 4.78 is 18.6. The predicted molar refractivity (Wildman–Crippen MR) is 94.2 cm³/mol. The van der Waals surface area contributed by atoms with Crippen LogP contribution in [0, 0.1) is 5.82 Å². The largest absolute Gasteiger partial charge is 0.481 e. The second-order valence-electron chi connectivity index (χ2n) is 5.47. The van der Waals surface area contributed by atoms with Crippen molar-refractivity contribution in [2.75, 3.05) is 18.9 Å². The average molecular weight is 365 g/mol. The zero-order valence-corrected chi connectivity index (χ0v) is 14.6. The summed E-state index contributed by atoms with van der Waals surface area (Å²) >= 11 is 5.80. The van der Waals surface area contributed by atoms with Crippen LogP contribution in [0.5, 0.6) is 5.75 Å². The van der Waals surface area contributed by atoms with E-state index in [1.807, 2.05) is 0 Å². The Bertz CT molecular complexity index is 752. The molecule has 0 spiro atoms. The van der Waals surface area contributed by atoms with Crippen LogP contribution in [0.3, 0.4) is 0 Å². The summed E-state index contributed by atoms with van der Waals surface area (Å²) in [6.45, 7) is 1.42. The number of carbonyl (C=O) groups is 2. The van der Waals surface area contributed by atoms with E-state index in [0.29, 0.717) is 16.5 Å². The second kappa shape index (κ2) is 8.48. The number of hydrogen-bond donors (Lipinski definition) is 1. The van der Waals surface area contributed by atoms with E-state index in [1.54, 1.807) is 37.3 Å². The molecule has 0 aromatic heterocycles. The van der Waals surface area contributed by atoms with Gasteiger partial charge in [-0.2, -0.15) is 0 Å². The first kappa shape index (κ1) is 18.7. The molecular weight excluding hydrogens is 347 g/mol. The highest BCUT2D eigenvalue weighted by molar-refractivity contribution is 6.30. The third-order valence-electron chi connectivity index (χ3n) is 3.34. The number of carbonyl (C=O) groups excluding carboxylic acids is 2. The molecule has 0 aliphatic heterocycles. The van der Waals surface area contributed by atoms with Gasteiger partial charge in [-0.1, -0.05) is 17.7 Å².